The highest BCUT2D eigenvalue weighted by molar-refractivity contribution is 8.15. The summed E-state index contributed by atoms with van der Waals surface area (Å²) in [5.74, 6) is 1.39. The zero-order chi connectivity index (χ0) is 24.9. The third-order valence-corrected chi connectivity index (χ3v) is 7.15. The minimum absolute atomic E-state index is 0.0341. The number of hydrogen-bond donors (Lipinski definition) is 4. The number of fused-ring (bicyclic) bond motifs is 1. The molecule has 1 aliphatic rings. The number of hydrogen-bond acceptors (Lipinski definition) is 9. The van der Waals surface area contributed by atoms with Crippen LogP contribution < -0.4 is 21.5 Å². The number of non-ortho nitro benzene ring substituents is 1. The molecule has 11 nitrogen and oxygen atoms in total. The van der Waals surface area contributed by atoms with E-state index < -0.39 is 11.0 Å². The molecule has 1 aromatic heterocycles. The lowest BCUT2D eigenvalue weighted by molar-refractivity contribution is -0.384. The van der Waals surface area contributed by atoms with Crippen molar-refractivity contribution in [3.8, 4) is 0 Å². The molecule has 2 heterocycles. The molecule has 1 aliphatic heterocycles. The van der Waals surface area contributed by atoms with E-state index in [1.165, 1.54) is 35.6 Å². The van der Waals surface area contributed by atoms with Crippen LogP contribution in [0, 0.1) is 10.1 Å². The topological polar surface area (TPSA) is 143 Å². The van der Waals surface area contributed by atoms with Crippen LogP contribution in [0.25, 0.3) is 10.2 Å². The molecule has 0 saturated heterocycles. The average Bonchev–Trinajstić information content (AvgIpc) is 3.50. The van der Waals surface area contributed by atoms with Crippen molar-refractivity contribution in [2.75, 3.05) is 23.5 Å². The fraction of sp³-hybridized carbons (Fsp3) is 0.143. The molecular weight excluding hydrogens is 510 g/mol. The van der Waals surface area contributed by atoms with Gasteiger partial charge >= 0.3 is 6.03 Å². The Kier molecular flexibility index (Phi) is 7.43. The molecule has 4 rings (SSSR count). The Bertz CT molecular complexity index is 1340. The molecule has 0 fully saturated rings. The van der Waals surface area contributed by atoms with Gasteiger partial charge in [0.05, 0.1) is 22.2 Å². The summed E-state index contributed by atoms with van der Waals surface area (Å²) in [4.78, 5) is 31.8. The Labute approximate surface area is 213 Å². The van der Waals surface area contributed by atoms with E-state index in [-0.39, 0.29) is 16.8 Å². The van der Waals surface area contributed by atoms with Crippen molar-refractivity contribution in [1.82, 2.24) is 15.8 Å². The highest BCUT2D eigenvalue weighted by atomic mass is 32.2. The second kappa shape index (κ2) is 10.7. The largest absolute Gasteiger partial charge is 0.499 e. The van der Waals surface area contributed by atoms with Gasteiger partial charge in [-0.1, -0.05) is 6.58 Å². The Morgan fingerprint density at radius 3 is 2.66 bits per heavy atom. The number of carbonyl (C=O) groups is 1. The number of rotatable bonds is 6. The van der Waals surface area contributed by atoms with Crippen molar-refractivity contribution < 1.29 is 14.5 Å². The molecule has 1 atom stereocenters. The van der Waals surface area contributed by atoms with Gasteiger partial charge in [-0.05, 0) is 42.5 Å². The van der Waals surface area contributed by atoms with Crippen LogP contribution in [0.4, 0.5) is 21.9 Å². The molecule has 0 saturated carbocycles. The Morgan fingerprint density at radius 1 is 1.20 bits per heavy atom. The van der Waals surface area contributed by atoms with Crippen molar-refractivity contribution in [1.29, 1.82) is 0 Å². The maximum Gasteiger partial charge on any atom is 0.337 e. The lowest BCUT2D eigenvalue weighted by Crippen LogP contribution is -2.45. The van der Waals surface area contributed by atoms with Gasteiger partial charge in [0, 0.05) is 29.3 Å². The maximum absolute atomic E-state index is 12.3. The first-order valence-electron chi connectivity index (χ1n) is 10.0. The highest BCUT2D eigenvalue weighted by Crippen LogP contribution is 2.32. The molecule has 2 amide bonds. The first kappa shape index (κ1) is 24.4. The molecule has 0 spiro atoms. The number of benzene rings is 2. The molecule has 4 N–H and O–H groups in total. The number of ether oxygens (including phenoxy) is 1. The number of aromatic nitrogens is 1. The number of nitro benzene ring substituents is 1. The molecule has 14 heteroatoms. The summed E-state index contributed by atoms with van der Waals surface area (Å²) in [5, 5.41) is 18.0. The molecule has 0 unspecified atom stereocenters. The van der Waals surface area contributed by atoms with Crippen LogP contribution in [0.3, 0.4) is 0 Å². The third kappa shape index (κ3) is 6.03. The minimum atomic E-state index is -0.529. The number of thiazole rings is 1. The Morgan fingerprint density at radius 2 is 1.94 bits per heavy atom. The molecule has 0 aliphatic carbocycles. The number of aliphatic imine (C=N–C) groups is 1. The second-order valence-corrected chi connectivity index (χ2v) is 9.54. The van der Waals surface area contributed by atoms with Crippen LogP contribution in [0.15, 0.2) is 59.8 Å². The number of hydrazine groups is 1. The first-order valence-corrected chi connectivity index (χ1v) is 12.3. The number of nitro groups is 1. The van der Waals surface area contributed by atoms with Gasteiger partial charge in [-0.3, -0.25) is 20.5 Å². The fourth-order valence-electron chi connectivity index (χ4n) is 2.99. The number of methoxy groups -OCH3 is 1. The maximum atomic E-state index is 12.3. The van der Waals surface area contributed by atoms with Crippen molar-refractivity contribution >= 4 is 78.8 Å². The second-order valence-electron chi connectivity index (χ2n) is 7.10. The van der Waals surface area contributed by atoms with Gasteiger partial charge in [0.15, 0.2) is 5.11 Å². The third-order valence-electron chi connectivity index (χ3n) is 4.74. The van der Waals surface area contributed by atoms with E-state index in [9.17, 15) is 14.9 Å². The van der Waals surface area contributed by atoms with Gasteiger partial charge in [-0.2, -0.15) is 0 Å². The zero-order valence-corrected chi connectivity index (χ0v) is 20.7. The summed E-state index contributed by atoms with van der Waals surface area (Å²) in [7, 11) is 1.58. The van der Waals surface area contributed by atoms with Gasteiger partial charge in [-0.15, -0.1) is 23.1 Å². The molecule has 0 bridgehead atoms. The monoisotopic (exact) mass is 529 g/mol. The van der Waals surface area contributed by atoms with Crippen LogP contribution in [-0.2, 0) is 4.74 Å². The standard InChI is InChI=1S/C21H19N7O4S3/c1-11(32-2)16-10-34-18(25-16)19-24-15-8-5-13(9-17(15)35-19)22-20(29)26-27-21(33)23-12-3-6-14(7-4-12)28(30)31/h3-9,16H,1,10H2,2H3,(H2,22,26,29)(H2,23,27,33)/t16-/m1/s1. The van der Waals surface area contributed by atoms with Crippen LogP contribution in [-0.4, -0.2) is 45.0 Å². The van der Waals surface area contributed by atoms with Crippen LogP contribution in [0.1, 0.15) is 5.01 Å². The predicted molar refractivity (Wildman–Crippen MR) is 143 cm³/mol. The van der Waals surface area contributed by atoms with Gasteiger partial charge in [0.1, 0.15) is 21.9 Å². The number of thiocarbonyl (C=S) groups is 1. The van der Waals surface area contributed by atoms with E-state index in [2.05, 4.69) is 38.0 Å². The molecule has 35 heavy (non-hydrogen) atoms. The van der Waals surface area contributed by atoms with Gasteiger partial charge in [0.25, 0.3) is 5.69 Å². The lowest BCUT2D eigenvalue weighted by Gasteiger charge is -2.12. The molecule has 3 aromatic rings. The van der Waals surface area contributed by atoms with Crippen molar-refractivity contribution in [3.63, 3.8) is 0 Å². The molecular formula is C21H19N7O4S3. The van der Waals surface area contributed by atoms with Gasteiger partial charge in [-0.25, -0.2) is 15.2 Å². The van der Waals surface area contributed by atoms with Crippen molar-refractivity contribution in [3.05, 3.63) is 69.9 Å². The predicted octanol–water partition coefficient (Wildman–Crippen LogP) is 4.25. The fourth-order valence-corrected chi connectivity index (χ4v) is 5.30. The molecule has 2 aromatic carbocycles. The van der Waals surface area contributed by atoms with Gasteiger partial charge < -0.3 is 15.4 Å². The zero-order valence-electron chi connectivity index (χ0n) is 18.2. The SMILES string of the molecule is C=C(OC)[C@H]1CSC(c2nc3ccc(NC(=O)NNC(=S)Nc4ccc([N+](=O)[O-])cc4)cc3s2)=N1. The number of nitrogens with zero attached hydrogens (tertiary/aromatic N) is 3. The Hall–Kier alpha value is -3.75. The van der Waals surface area contributed by atoms with Crippen molar-refractivity contribution in [2.45, 2.75) is 6.04 Å². The van der Waals surface area contributed by atoms with Crippen LogP contribution in [0.2, 0.25) is 0 Å². The first-order chi connectivity index (χ1) is 16.8. The van der Waals surface area contributed by atoms with E-state index >= 15 is 0 Å². The smallest absolute Gasteiger partial charge is 0.337 e. The van der Waals surface area contributed by atoms with E-state index in [1.807, 2.05) is 12.1 Å². The quantitative estimate of drug-likeness (QED) is 0.159. The average molecular weight is 530 g/mol. The normalized spacial score (nSPS) is 14.7. The summed E-state index contributed by atoms with van der Waals surface area (Å²) in [5.41, 5.74) is 6.88. The van der Waals surface area contributed by atoms with Crippen molar-refractivity contribution in [2.24, 2.45) is 4.99 Å². The minimum Gasteiger partial charge on any atom is -0.499 e. The van der Waals surface area contributed by atoms with Gasteiger partial charge in [0.2, 0.25) is 0 Å². The Balaban J connectivity index is 1.32. The number of thioether (sulfide) groups is 1. The van der Waals surface area contributed by atoms with E-state index in [0.29, 0.717) is 17.1 Å². The number of nitrogens with one attached hydrogen (secondary N) is 4. The summed E-state index contributed by atoms with van der Waals surface area (Å²) < 4.78 is 6.09. The number of amides is 2. The van der Waals surface area contributed by atoms with Crippen LogP contribution in [0.5, 0.6) is 0 Å². The van der Waals surface area contributed by atoms with E-state index in [1.54, 1.807) is 24.9 Å². The number of carbonyl (C=O) groups excluding carboxylic acids is 1. The molecule has 180 valence electrons. The number of anilines is 2. The lowest BCUT2D eigenvalue weighted by atomic mass is 10.3. The van der Waals surface area contributed by atoms with E-state index in [4.69, 9.17) is 17.0 Å². The summed E-state index contributed by atoms with van der Waals surface area (Å²) >= 11 is 8.22. The van der Waals surface area contributed by atoms with Crippen LogP contribution >= 0.6 is 35.3 Å². The summed E-state index contributed by atoms with van der Waals surface area (Å²) in [6.07, 6.45) is 0. The van der Waals surface area contributed by atoms with E-state index in [0.717, 1.165) is 26.0 Å². The number of urea groups is 1. The summed E-state index contributed by atoms with van der Waals surface area (Å²) in [6, 6.07) is 10.5. The molecule has 0 radical (unpaired) electrons. The summed E-state index contributed by atoms with van der Waals surface area (Å²) in [6.45, 7) is 3.88. The highest BCUT2D eigenvalue weighted by Gasteiger charge is 2.24.